The predicted octanol–water partition coefficient (Wildman–Crippen LogP) is 1.60. The number of carboxylic acids is 1. The second-order valence-electron chi connectivity index (χ2n) is 5.33. The summed E-state index contributed by atoms with van der Waals surface area (Å²) in [5.41, 5.74) is 0. The summed E-state index contributed by atoms with van der Waals surface area (Å²) in [6.45, 7) is 2.45. The lowest BCUT2D eigenvalue weighted by Crippen LogP contribution is -2.43. The van der Waals surface area contributed by atoms with Crippen molar-refractivity contribution in [3.8, 4) is 0 Å². The number of rotatable bonds is 8. The number of likely N-dealkylation sites (N-methyl/N-ethyl adjacent to an activating group) is 1. The van der Waals surface area contributed by atoms with Crippen molar-refractivity contribution in [3.63, 3.8) is 0 Å². The van der Waals surface area contributed by atoms with E-state index in [0.29, 0.717) is 11.0 Å². The summed E-state index contributed by atoms with van der Waals surface area (Å²) >= 11 is 0. The van der Waals surface area contributed by atoms with Crippen LogP contribution < -0.4 is 0 Å². The van der Waals surface area contributed by atoms with Gasteiger partial charge in [0.1, 0.15) is 6.54 Å². The molecule has 0 aliphatic rings. The third kappa shape index (κ3) is 11.2. The molecule has 0 aromatic heterocycles. The summed E-state index contributed by atoms with van der Waals surface area (Å²) in [7, 11) is 5.76. The van der Waals surface area contributed by atoms with Crippen molar-refractivity contribution in [2.75, 3.05) is 27.7 Å². The minimum absolute atomic E-state index is 0.181. The van der Waals surface area contributed by atoms with E-state index in [1.54, 1.807) is 12.2 Å². The molecule has 0 saturated heterocycles. The first-order chi connectivity index (χ1) is 8.74. The number of quaternary nitrogens is 1. The van der Waals surface area contributed by atoms with Crippen LogP contribution >= 0.6 is 0 Å². The van der Waals surface area contributed by atoms with Crippen molar-refractivity contribution in [2.24, 2.45) is 0 Å². The van der Waals surface area contributed by atoms with Crippen LogP contribution in [-0.2, 0) is 14.3 Å². The van der Waals surface area contributed by atoms with Crippen LogP contribution in [0.25, 0.3) is 0 Å². The molecular formula is C14H24NO4+. The maximum absolute atomic E-state index is 11.5. The Bertz CT molecular complexity index is 353. The van der Waals surface area contributed by atoms with Crippen LogP contribution in [0.15, 0.2) is 24.3 Å². The molecule has 108 valence electrons. The number of allylic oxidation sites excluding steroid dienone is 3. The van der Waals surface area contributed by atoms with Gasteiger partial charge in [-0.25, -0.2) is 4.79 Å². The fraction of sp³-hybridized carbons (Fsp3) is 0.571. The molecule has 0 spiro atoms. The van der Waals surface area contributed by atoms with Gasteiger partial charge in [0.15, 0.2) is 6.10 Å². The number of aliphatic carboxylic acids is 1. The molecule has 0 heterocycles. The van der Waals surface area contributed by atoms with E-state index in [2.05, 4.69) is 0 Å². The fourth-order valence-corrected chi connectivity index (χ4v) is 1.50. The van der Waals surface area contributed by atoms with Crippen LogP contribution in [0.1, 0.15) is 19.8 Å². The molecule has 1 N–H and O–H groups in total. The number of carbonyl (C=O) groups excluding carboxylic acids is 1. The van der Waals surface area contributed by atoms with E-state index < -0.39 is 18.0 Å². The Balaban J connectivity index is 4.46. The largest absolute Gasteiger partial charge is 0.481 e. The van der Waals surface area contributed by atoms with E-state index in [9.17, 15) is 9.59 Å². The van der Waals surface area contributed by atoms with E-state index in [0.717, 1.165) is 6.42 Å². The highest BCUT2D eigenvalue weighted by Gasteiger charge is 2.23. The molecule has 1 unspecified atom stereocenters. The Morgan fingerprint density at radius 1 is 1.26 bits per heavy atom. The van der Waals surface area contributed by atoms with Crippen molar-refractivity contribution < 1.29 is 23.9 Å². The molecule has 1 atom stereocenters. The van der Waals surface area contributed by atoms with Gasteiger partial charge >= 0.3 is 11.9 Å². The van der Waals surface area contributed by atoms with Crippen LogP contribution in [0.5, 0.6) is 0 Å². The Labute approximate surface area is 114 Å². The molecule has 0 aliphatic heterocycles. The van der Waals surface area contributed by atoms with Gasteiger partial charge in [0.2, 0.25) is 0 Å². The molecule has 0 rings (SSSR count). The molecule has 0 saturated carbocycles. The molecule has 0 amide bonds. The van der Waals surface area contributed by atoms with E-state index in [-0.39, 0.29) is 6.42 Å². The van der Waals surface area contributed by atoms with Crippen molar-refractivity contribution >= 4 is 11.9 Å². The zero-order chi connectivity index (χ0) is 14.9. The Morgan fingerprint density at radius 3 is 2.37 bits per heavy atom. The van der Waals surface area contributed by atoms with Gasteiger partial charge in [-0.15, -0.1) is 0 Å². The van der Waals surface area contributed by atoms with Crippen molar-refractivity contribution in [3.05, 3.63) is 24.3 Å². The molecule has 5 nitrogen and oxygen atoms in total. The molecule has 0 aromatic rings. The summed E-state index contributed by atoms with van der Waals surface area (Å²) in [5.74, 6) is -1.48. The van der Waals surface area contributed by atoms with E-state index in [1.165, 1.54) is 6.08 Å². The van der Waals surface area contributed by atoms with Gasteiger partial charge in [-0.2, -0.15) is 0 Å². The lowest BCUT2D eigenvalue weighted by atomic mass is 10.2. The van der Waals surface area contributed by atoms with E-state index >= 15 is 0 Å². The average molecular weight is 270 g/mol. The Morgan fingerprint density at radius 2 is 1.89 bits per heavy atom. The van der Waals surface area contributed by atoms with Crippen LogP contribution in [0.3, 0.4) is 0 Å². The van der Waals surface area contributed by atoms with Crippen LogP contribution in [-0.4, -0.2) is 55.3 Å². The van der Waals surface area contributed by atoms with Gasteiger partial charge in [0, 0.05) is 6.08 Å². The van der Waals surface area contributed by atoms with Gasteiger partial charge in [0.25, 0.3) is 0 Å². The minimum Gasteiger partial charge on any atom is -0.481 e. The topological polar surface area (TPSA) is 63.6 Å². The molecule has 5 heteroatoms. The second kappa shape index (κ2) is 8.48. The number of ether oxygens (including phenoxy) is 1. The smallest absolute Gasteiger partial charge is 0.331 e. The summed E-state index contributed by atoms with van der Waals surface area (Å²) in [6, 6.07) is 0. The number of hydrogen-bond donors (Lipinski definition) is 1. The monoisotopic (exact) mass is 270 g/mol. The number of carboxylic acid groups (broad SMARTS) is 1. The zero-order valence-corrected chi connectivity index (χ0v) is 12.1. The molecule has 19 heavy (non-hydrogen) atoms. The molecule has 0 radical (unpaired) electrons. The minimum atomic E-state index is -0.971. The van der Waals surface area contributed by atoms with Gasteiger partial charge < -0.3 is 14.3 Å². The van der Waals surface area contributed by atoms with Gasteiger partial charge in [-0.05, 0) is 6.42 Å². The number of esters is 1. The van der Waals surface area contributed by atoms with Crippen molar-refractivity contribution in [1.82, 2.24) is 0 Å². The maximum Gasteiger partial charge on any atom is 0.331 e. The SMILES string of the molecule is CC/C=C/C=C/C(=O)OC(CC(=O)O)C[N+](C)(C)C. The van der Waals surface area contributed by atoms with Crippen molar-refractivity contribution in [1.29, 1.82) is 0 Å². The Hall–Kier alpha value is -1.62. The first-order valence-corrected chi connectivity index (χ1v) is 6.30. The van der Waals surface area contributed by atoms with Crippen LogP contribution in [0.4, 0.5) is 0 Å². The standard InChI is InChI=1S/C14H23NO4/c1-5-6-7-8-9-14(18)19-12(10-13(16)17)11-15(2,3)4/h6-9,12H,5,10-11H2,1-4H3/p+1/b7-6+,9-8+. The Kier molecular flexibility index (Phi) is 7.75. The number of hydrogen-bond acceptors (Lipinski definition) is 3. The zero-order valence-electron chi connectivity index (χ0n) is 12.1. The fourth-order valence-electron chi connectivity index (χ4n) is 1.50. The molecule has 0 bridgehead atoms. The van der Waals surface area contributed by atoms with Crippen molar-refractivity contribution in [2.45, 2.75) is 25.9 Å². The first kappa shape index (κ1) is 17.4. The summed E-state index contributed by atoms with van der Waals surface area (Å²) < 4.78 is 5.69. The van der Waals surface area contributed by atoms with E-state index in [1.807, 2.05) is 34.1 Å². The highest BCUT2D eigenvalue weighted by Crippen LogP contribution is 2.05. The second-order valence-corrected chi connectivity index (χ2v) is 5.33. The van der Waals surface area contributed by atoms with Gasteiger partial charge in [-0.1, -0.05) is 25.2 Å². The number of nitrogens with zero attached hydrogens (tertiary/aromatic N) is 1. The van der Waals surface area contributed by atoms with E-state index in [4.69, 9.17) is 9.84 Å². The summed E-state index contributed by atoms with van der Waals surface area (Å²) in [4.78, 5) is 22.3. The normalized spacial score (nSPS) is 13.9. The van der Waals surface area contributed by atoms with Crippen LogP contribution in [0.2, 0.25) is 0 Å². The molecule has 0 aliphatic carbocycles. The molecule has 0 fully saturated rings. The lowest BCUT2D eigenvalue weighted by molar-refractivity contribution is -0.873. The molecule has 0 aromatic carbocycles. The number of carbonyl (C=O) groups is 2. The highest BCUT2D eigenvalue weighted by molar-refractivity contribution is 5.82. The average Bonchev–Trinajstić information content (AvgIpc) is 2.20. The summed E-state index contributed by atoms with van der Waals surface area (Å²) in [5, 5.41) is 8.81. The quantitative estimate of drug-likeness (QED) is 0.315. The third-order valence-corrected chi connectivity index (χ3v) is 2.15. The predicted molar refractivity (Wildman–Crippen MR) is 73.6 cm³/mol. The maximum atomic E-state index is 11.5. The first-order valence-electron chi connectivity index (χ1n) is 6.30. The van der Waals surface area contributed by atoms with Gasteiger partial charge in [0.05, 0.1) is 27.6 Å². The van der Waals surface area contributed by atoms with Gasteiger partial charge in [-0.3, -0.25) is 4.79 Å². The lowest BCUT2D eigenvalue weighted by Gasteiger charge is -2.28. The van der Waals surface area contributed by atoms with Crippen LogP contribution in [0, 0.1) is 0 Å². The highest BCUT2D eigenvalue weighted by atomic mass is 16.5. The third-order valence-electron chi connectivity index (χ3n) is 2.15. The molecular weight excluding hydrogens is 246 g/mol. The summed E-state index contributed by atoms with van der Waals surface area (Å²) in [6.07, 6.45) is 6.65.